The van der Waals surface area contributed by atoms with Crippen LogP contribution < -0.4 is 10.6 Å². The summed E-state index contributed by atoms with van der Waals surface area (Å²) >= 11 is 0. The summed E-state index contributed by atoms with van der Waals surface area (Å²) in [6, 6.07) is 9.10. The summed E-state index contributed by atoms with van der Waals surface area (Å²) in [6.07, 6.45) is 4.26. The zero-order valence-corrected chi connectivity index (χ0v) is 17.4. The Morgan fingerprint density at radius 3 is 2.83 bits per heavy atom. The molecule has 2 aromatic heterocycles. The monoisotopic (exact) mass is 408 g/mol. The smallest absolute Gasteiger partial charge is 0.270 e. The Kier molecular flexibility index (Phi) is 5.99. The number of hydrogen-bond donors (Lipinski definition) is 3. The van der Waals surface area contributed by atoms with Crippen molar-refractivity contribution in [2.45, 2.75) is 45.3 Å². The van der Waals surface area contributed by atoms with Crippen molar-refractivity contribution < 1.29 is 14.3 Å². The largest absolute Gasteiger partial charge is 0.376 e. The van der Waals surface area contributed by atoms with E-state index in [0.29, 0.717) is 18.7 Å². The van der Waals surface area contributed by atoms with Crippen molar-refractivity contribution >= 4 is 33.6 Å². The number of carbonyl (C=O) groups is 2. The molecule has 4 rings (SSSR count). The molecular formula is C23H28N4O3. The predicted molar refractivity (Wildman–Crippen MR) is 116 cm³/mol. The summed E-state index contributed by atoms with van der Waals surface area (Å²) in [5.74, 6) is -0.270. The van der Waals surface area contributed by atoms with Gasteiger partial charge in [-0.25, -0.2) is 4.98 Å². The first kappa shape index (κ1) is 20.3. The third-order valence-corrected chi connectivity index (χ3v) is 5.48. The molecule has 7 nitrogen and oxygen atoms in total. The van der Waals surface area contributed by atoms with Gasteiger partial charge in [-0.2, -0.15) is 0 Å². The molecule has 2 unspecified atom stereocenters. The van der Waals surface area contributed by atoms with Gasteiger partial charge in [0.15, 0.2) is 0 Å². The Bertz CT molecular complexity index is 1050. The molecule has 158 valence electrons. The van der Waals surface area contributed by atoms with Crippen LogP contribution in [0.3, 0.4) is 0 Å². The highest BCUT2D eigenvalue weighted by Crippen LogP contribution is 2.25. The minimum absolute atomic E-state index is 0.0651. The molecule has 1 aromatic carbocycles. The van der Waals surface area contributed by atoms with Crippen LogP contribution >= 0.6 is 0 Å². The van der Waals surface area contributed by atoms with Crippen molar-refractivity contribution in [2.75, 3.05) is 13.2 Å². The fraction of sp³-hybridized carbons (Fsp3) is 0.435. The number of nitrogens with one attached hydrogen (secondary N) is 3. The molecule has 0 saturated carbocycles. The highest BCUT2D eigenvalue weighted by atomic mass is 16.5. The number of aromatic nitrogens is 2. The average molecular weight is 409 g/mol. The van der Waals surface area contributed by atoms with Crippen LogP contribution in [-0.2, 0) is 9.53 Å². The lowest BCUT2D eigenvalue weighted by molar-refractivity contribution is -0.123. The SMILES string of the molecule is CC(C)CC(NC(=O)c1cc2c(cn1)[nH]c1ccccc12)C(=O)NCC1CCCO1. The van der Waals surface area contributed by atoms with Crippen molar-refractivity contribution in [2.24, 2.45) is 5.92 Å². The van der Waals surface area contributed by atoms with Crippen molar-refractivity contribution in [3.05, 3.63) is 42.2 Å². The number of para-hydroxylation sites is 1. The van der Waals surface area contributed by atoms with Gasteiger partial charge >= 0.3 is 0 Å². The topological polar surface area (TPSA) is 96.1 Å². The summed E-state index contributed by atoms with van der Waals surface area (Å²) in [7, 11) is 0. The van der Waals surface area contributed by atoms with Gasteiger partial charge in [-0.1, -0.05) is 32.0 Å². The minimum atomic E-state index is -0.612. The zero-order chi connectivity index (χ0) is 21.1. The van der Waals surface area contributed by atoms with E-state index < -0.39 is 6.04 Å². The molecule has 7 heteroatoms. The van der Waals surface area contributed by atoms with Gasteiger partial charge in [0.2, 0.25) is 5.91 Å². The summed E-state index contributed by atoms with van der Waals surface area (Å²) in [5, 5.41) is 7.79. The molecule has 1 saturated heterocycles. The second kappa shape index (κ2) is 8.83. The number of H-pyrrole nitrogens is 1. The van der Waals surface area contributed by atoms with Gasteiger partial charge in [-0.05, 0) is 37.3 Å². The molecule has 1 aliphatic rings. The molecule has 0 radical (unpaired) electrons. The van der Waals surface area contributed by atoms with E-state index in [2.05, 4.69) is 20.6 Å². The number of fused-ring (bicyclic) bond motifs is 3. The van der Waals surface area contributed by atoms with Crippen molar-refractivity contribution in [1.29, 1.82) is 0 Å². The van der Waals surface area contributed by atoms with Crippen LogP contribution in [0.15, 0.2) is 36.5 Å². The fourth-order valence-corrected chi connectivity index (χ4v) is 3.95. The number of ether oxygens (including phenoxy) is 1. The molecular weight excluding hydrogens is 380 g/mol. The van der Waals surface area contributed by atoms with Gasteiger partial charge in [-0.15, -0.1) is 0 Å². The number of benzene rings is 1. The van der Waals surface area contributed by atoms with Crippen molar-refractivity contribution in [3.63, 3.8) is 0 Å². The highest BCUT2D eigenvalue weighted by molar-refractivity contribution is 6.09. The summed E-state index contributed by atoms with van der Waals surface area (Å²) in [6.45, 7) is 5.28. The summed E-state index contributed by atoms with van der Waals surface area (Å²) in [5.41, 5.74) is 2.17. The number of hydrogen-bond acceptors (Lipinski definition) is 4. The first-order valence-electron chi connectivity index (χ1n) is 10.6. The maximum Gasteiger partial charge on any atom is 0.270 e. The van der Waals surface area contributed by atoms with Crippen molar-refractivity contribution in [1.82, 2.24) is 20.6 Å². The summed E-state index contributed by atoms with van der Waals surface area (Å²) in [4.78, 5) is 33.3. The molecule has 1 aliphatic heterocycles. The van der Waals surface area contributed by atoms with Crippen LogP contribution in [0.5, 0.6) is 0 Å². The maximum atomic E-state index is 12.9. The van der Waals surface area contributed by atoms with E-state index in [1.165, 1.54) is 0 Å². The highest BCUT2D eigenvalue weighted by Gasteiger charge is 2.25. The lowest BCUT2D eigenvalue weighted by atomic mass is 10.0. The number of pyridine rings is 1. The lowest BCUT2D eigenvalue weighted by Crippen LogP contribution is -2.49. The minimum Gasteiger partial charge on any atom is -0.376 e. The predicted octanol–water partition coefficient (Wildman–Crippen LogP) is 3.16. The van der Waals surface area contributed by atoms with Gasteiger partial charge in [0, 0.05) is 29.4 Å². The van der Waals surface area contributed by atoms with E-state index in [9.17, 15) is 9.59 Å². The molecule has 2 amide bonds. The molecule has 3 N–H and O–H groups in total. The van der Waals surface area contributed by atoms with Crippen LogP contribution in [0.25, 0.3) is 21.8 Å². The van der Waals surface area contributed by atoms with Gasteiger partial charge in [0.25, 0.3) is 5.91 Å². The maximum absolute atomic E-state index is 12.9. The van der Waals surface area contributed by atoms with Gasteiger partial charge in [0.05, 0.1) is 17.8 Å². The first-order chi connectivity index (χ1) is 14.5. The number of rotatable bonds is 7. The normalized spacial score (nSPS) is 17.5. The van der Waals surface area contributed by atoms with E-state index in [1.54, 1.807) is 12.3 Å². The van der Waals surface area contributed by atoms with E-state index in [1.807, 2.05) is 38.1 Å². The van der Waals surface area contributed by atoms with Crippen LogP contribution in [0.2, 0.25) is 0 Å². The molecule has 2 atom stereocenters. The second-order valence-corrected chi connectivity index (χ2v) is 8.32. The quantitative estimate of drug-likeness (QED) is 0.560. The van der Waals surface area contributed by atoms with Crippen LogP contribution in [0.1, 0.15) is 43.6 Å². The Morgan fingerprint density at radius 1 is 1.23 bits per heavy atom. The molecule has 0 bridgehead atoms. The van der Waals surface area contributed by atoms with Crippen LogP contribution in [0, 0.1) is 5.92 Å². The molecule has 30 heavy (non-hydrogen) atoms. The average Bonchev–Trinajstić information content (AvgIpc) is 3.38. The molecule has 0 aliphatic carbocycles. The fourth-order valence-electron chi connectivity index (χ4n) is 3.95. The number of carbonyl (C=O) groups excluding carboxylic acids is 2. The zero-order valence-electron chi connectivity index (χ0n) is 17.4. The Hall–Kier alpha value is -2.93. The van der Waals surface area contributed by atoms with E-state index in [4.69, 9.17) is 4.74 Å². The molecule has 3 heterocycles. The Morgan fingerprint density at radius 2 is 2.07 bits per heavy atom. The summed E-state index contributed by atoms with van der Waals surface area (Å²) < 4.78 is 5.57. The Labute approximate surface area is 175 Å². The lowest BCUT2D eigenvalue weighted by Gasteiger charge is -2.21. The number of aromatic amines is 1. The van der Waals surface area contributed by atoms with Crippen LogP contribution in [0.4, 0.5) is 0 Å². The number of nitrogens with zero attached hydrogens (tertiary/aromatic N) is 1. The van der Waals surface area contributed by atoms with Crippen LogP contribution in [-0.4, -0.2) is 47.1 Å². The second-order valence-electron chi connectivity index (χ2n) is 8.32. The van der Waals surface area contributed by atoms with E-state index >= 15 is 0 Å². The van der Waals surface area contributed by atoms with Gasteiger partial charge < -0.3 is 20.4 Å². The molecule has 1 fully saturated rings. The van der Waals surface area contributed by atoms with Gasteiger partial charge in [0.1, 0.15) is 11.7 Å². The van der Waals surface area contributed by atoms with Crippen molar-refractivity contribution in [3.8, 4) is 0 Å². The molecule has 0 spiro atoms. The Balaban J connectivity index is 1.49. The van der Waals surface area contributed by atoms with E-state index in [-0.39, 0.29) is 23.8 Å². The third-order valence-electron chi connectivity index (χ3n) is 5.48. The van der Waals surface area contributed by atoms with Gasteiger partial charge in [-0.3, -0.25) is 9.59 Å². The number of amides is 2. The third kappa shape index (κ3) is 4.46. The van der Waals surface area contributed by atoms with E-state index in [0.717, 1.165) is 41.3 Å². The first-order valence-corrected chi connectivity index (χ1v) is 10.6. The standard InChI is InChI=1S/C23H28N4O3/c1-14(2)10-20(22(28)25-12-15-6-5-9-30-15)27-23(29)19-11-17-16-7-3-4-8-18(16)26-21(17)13-24-19/h3-4,7-8,11,13-15,20,26H,5-6,9-10,12H2,1-2H3,(H,25,28)(H,27,29). The molecule has 3 aromatic rings.